The highest BCUT2D eigenvalue weighted by molar-refractivity contribution is 5.21. The lowest BCUT2D eigenvalue weighted by atomic mass is 10.1. The summed E-state index contributed by atoms with van der Waals surface area (Å²) >= 11 is 0. The van der Waals surface area contributed by atoms with E-state index < -0.39 is 0 Å². The van der Waals surface area contributed by atoms with Crippen LogP contribution in [0.1, 0.15) is 22.6 Å². The Morgan fingerprint density at radius 1 is 1.26 bits per heavy atom. The molecular weight excluding hydrogens is 240 g/mol. The van der Waals surface area contributed by atoms with Crippen molar-refractivity contribution in [3.05, 3.63) is 52.9 Å². The standard InChI is InChI=1S/C15H20N2O2/c1-11-15(12(2)19-17-11)9-16-14(10-18)8-13-6-4-3-5-7-13/h3-7,14,16,18H,8-10H2,1-2H3/t14-/m0/s1. The Balaban J connectivity index is 1.93. The van der Waals surface area contributed by atoms with Gasteiger partial charge in [-0.05, 0) is 25.8 Å². The van der Waals surface area contributed by atoms with Gasteiger partial charge in [0.1, 0.15) is 5.76 Å². The normalized spacial score (nSPS) is 12.6. The molecule has 2 rings (SSSR count). The third-order valence-electron chi connectivity index (χ3n) is 3.29. The first-order chi connectivity index (χ1) is 9.20. The number of hydrogen-bond donors (Lipinski definition) is 2. The number of nitrogens with one attached hydrogen (secondary N) is 1. The van der Waals surface area contributed by atoms with Crippen molar-refractivity contribution in [1.29, 1.82) is 0 Å². The first kappa shape index (κ1) is 13.8. The van der Waals surface area contributed by atoms with E-state index in [1.807, 2.05) is 32.0 Å². The molecule has 0 amide bonds. The molecule has 1 aromatic carbocycles. The molecule has 1 atom stereocenters. The molecule has 0 aliphatic heterocycles. The molecule has 2 N–H and O–H groups in total. The van der Waals surface area contributed by atoms with Crippen molar-refractivity contribution in [3.63, 3.8) is 0 Å². The molecule has 4 nitrogen and oxygen atoms in total. The first-order valence-electron chi connectivity index (χ1n) is 6.50. The second kappa shape index (κ2) is 6.50. The second-order valence-electron chi connectivity index (χ2n) is 4.75. The quantitative estimate of drug-likeness (QED) is 0.834. The van der Waals surface area contributed by atoms with Crippen LogP contribution in [0.4, 0.5) is 0 Å². The number of aromatic nitrogens is 1. The Morgan fingerprint density at radius 3 is 2.58 bits per heavy atom. The Bertz CT molecular complexity index is 489. The zero-order chi connectivity index (χ0) is 13.7. The van der Waals surface area contributed by atoms with Crippen molar-refractivity contribution < 1.29 is 9.63 Å². The predicted molar refractivity (Wildman–Crippen MR) is 73.8 cm³/mol. The van der Waals surface area contributed by atoms with Crippen molar-refractivity contribution >= 4 is 0 Å². The fourth-order valence-electron chi connectivity index (χ4n) is 2.10. The number of rotatable bonds is 6. The zero-order valence-corrected chi connectivity index (χ0v) is 11.4. The molecule has 4 heteroatoms. The van der Waals surface area contributed by atoms with Gasteiger partial charge in [-0.1, -0.05) is 35.5 Å². The molecular formula is C15H20N2O2. The van der Waals surface area contributed by atoms with Crippen LogP contribution in [0.2, 0.25) is 0 Å². The summed E-state index contributed by atoms with van der Waals surface area (Å²) in [5.74, 6) is 0.835. The van der Waals surface area contributed by atoms with Crippen LogP contribution in [0.3, 0.4) is 0 Å². The van der Waals surface area contributed by atoms with E-state index in [0.717, 1.165) is 23.4 Å². The lowest BCUT2D eigenvalue weighted by Gasteiger charge is -2.16. The Labute approximate surface area is 113 Å². The summed E-state index contributed by atoms with van der Waals surface area (Å²) in [4.78, 5) is 0. The topological polar surface area (TPSA) is 58.3 Å². The van der Waals surface area contributed by atoms with E-state index in [1.54, 1.807) is 0 Å². The predicted octanol–water partition coefficient (Wildman–Crippen LogP) is 1.98. The lowest BCUT2D eigenvalue weighted by Crippen LogP contribution is -2.34. The molecule has 0 saturated carbocycles. The van der Waals surface area contributed by atoms with Crippen LogP contribution in [0, 0.1) is 13.8 Å². The summed E-state index contributed by atoms with van der Waals surface area (Å²) in [7, 11) is 0. The molecule has 0 bridgehead atoms. The molecule has 0 spiro atoms. The third kappa shape index (κ3) is 3.66. The van der Waals surface area contributed by atoms with Gasteiger partial charge in [0.25, 0.3) is 0 Å². The van der Waals surface area contributed by atoms with Gasteiger partial charge in [0, 0.05) is 18.2 Å². The third-order valence-corrected chi connectivity index (χ3v) is 3.29. The van der Waals surface area contributed by atoms with Gasteiger partial charge < -0.3 is 14.9 Å². The Morgan fingerprint density at radius 2 is 2.00 bits per heavy atom. The summed E-state index contributed by atoms with van der Waals surface area (Å²) in [6, 6.07) is 10.2. The number of aliphatic hydroxyl groups is 1. The summed E-state index contributed by atoms with van der Waals surface area (Å²) < 4.78 is 5.13. The maximum atomic E-state index is 9.45. The fraction of sp³-hybridized carbons (Fsp3) is 0.400. The van der Waals surface area contributed by atoms with Gasteiger partial charge in [0.15, 0.2) is 0 Å². The van der Waals surface area contributed by atoms with E-state index in [0.29, 0.717) is 6.54 Å². The molecule has 2 aromatic rings. The number of hydrogen-bond acceptors (Lipinski definition) is 4. The average molecular weight is 260 g/mol. The molecule has 102 valence electrons. The Hall–Kier alpha value is -1.65. The van der Waals surface area contributed by atoms with Gasteiger partial charge in [-0.15, -0.1) is 0 Å². The van der Waals surface area contributed by atoms with Gasteiger partial charge in [0.2, 0.25) is 0 Å². The average Bonchev–Trinajstić information content (AvgIpc) is 2.75. The monoisotopic (exact) mass is 260 g/mol. The van der Waals surface area contributed by atoms with Crippen molar-refractivity contribution in [2.24, 2.45) is 0 Å². The summed E-state index contributed by atoms with van der Waals surface area (Å²) in [5.41, 5.74) is 3.20. The van der Waals surface area contributed by atoms with Gasteiger partial charge in [-0.3, -0.25) is 0 Å². The number of aryl methyl sites for hydroxylation is 2. The number of aliphatic hydroxyl groups excluding tert-OH is 1. The van der Waals surface area contributed by atoms with Crippen LogP contribution in [0.25, 0.3) is 0 Å². The zero-order valence-electron chi connectivity index (χ0n) is 11.4. The lowest BCUT2D eigenvalue weighted by molar-refractivity contribution is 0.240. The van der Waals surface area contributed by atoms with Gasteiger partial charge in [-0.2, -0.15) is 0 Å². The highest BCUT2D eigenvalue weighted by atomic mass is 16.5. The fourth-order valence-corrected chi connectivity index (χ4v) is 2.10. The molecule has 19 heavy (non-hydrogen) atoms. The van der Waals surface area contributed by atoms with Crippen LogP contribution < -0.4 is 5.32 Å². The molecule has 0 aliphatic rings. The second-order valence-corrected chi connectivity index (χ2v) is 4.75. The van der Waals surface area contributed by atoms with Crippen LogP contribution in [-0.4, -0.2) is 22.9 Å². The van der Waals surface area contributed by atoms with E-state index >= 15 is 0 Å². The first-order valence-corrected chi connectivity index (χ1v) is 6.50. The van der Waals surface area contributed by atoms with E-state index in [4.69, 9.17) is 4.52 Å². The summed E-state index contributed by atoms with van der Waals surface area (Å²) in [6.07, 6.45) is 0.806. The largest absolute Gasteiger partial charge is 0.395 e. The van der Waals surface area contributed by atoms with E-state index in [9.17, 15) is 5.11 Å². The highest BCUT2D eigenvalue weighted by Crippen LogP contribution is 2.12. The van der Waals surface area contributed by atoms with Crippen molar-refractivity contribution in [2.45, 2.75) is 32.9 Å². The Kier molecular flexibility index (Phi) is 4.71. The molecule has 0 saturated heterocycles. The molecule has 0 radical (unpaired) electrons. The van der Waals surface area contributed by atoms with E-state index in [1.165, 1.54) is 5.56 Å². The minimum absolute atomic E-state index is 0.0381. The minimum atomic E-state index is 0.0381. The van der Waals surface area contributed by atoms with Crippen molar-refractivity contribution in [3.8, 4) is 0 Å². The molecule has 0 fully saturated rings. The summed E-state index contributed by atoms with van der Waals surface area (Å²) in [6.45, 7) is 4.61. The van der Waals surface area contributed by atoms with Gasteiger partial charge >= 0.3 is 0 Å². The van der Waals surface area contributed by atoms with Crippen LogP contribution in [0.5, 0.6) is 0 Å². The molecule has 1 aromatic heterocycles. The van der Waals surface area contributed by atoms with Crippen molar-refractivity contribution in [1.82, 2.24) is 10.5 Å². The van der Waals surface area contributed by atoms with E-state index in [-0.39, 0.29) is 12.6 Å². The molecule has 0 unspecified atom stereocenters. The van der Waals surface area contributed by atoms with Gasteiger partial charge in [-0.25, -0.2) is 0 Å². The van der Waals surface area contributed by atoms with Gasteiger partial charge in [0.05, 0.1) is 12.3 Å². The SMILES string of the molecule is Cc1noc(C)c1CN[C@H](CO)Cc1ccccc1. The van der Waals surface area contributed by atoms with Crippen molar-refractivity contribution in [2.75, 3.05) is 6.61 Å². The maximum Gasteiger partial charge on any atom is 0.138 e. The number of nitrogens with zero attached hydrogens (tertiary/aromatic N) is 1. The van der Waals surface area contributed by atoms with Crippen LogP contribution in [0.15, 0.2) is 34.9 Å². The highest BCUT2D eigenvalue weighted by Gasteiger charge is 2.12. The number of benzene rings is 1. The van der Waals surface area contributed by atoms with Crippen LogP contribution >= 0.6 is 0 Å². The summed E-state index contributed by atoms with van der Waals surface area (Å²) in [5, 5.41) is 16.7. The van der Waals surface area contributed by atoms with E-state index in [2.05, 4.69) is 22.6 Å². The smallest absolute Gasteiger partial charge is 0.138 e. The molecule has 0 aliphatic carbocycles. The maximum absolute atomic E-state index is 9.45. The minimum Gasteiger partial charge on any atom is -0.395 e. The molecule has 1 heterocycles. The van der Waals surface area contributed by atoms with Crippen LogP contribution in [-0.2, 0) is 13.0 Å².